The lowest BCUT2D eigenvalue weighted by Gasteiger charge is -2.38. The van der Waals surface area contributed by atoms with Gasteiger partial charge in [0.15, 0.2) is 0 Å². The first-order valence-corrected chi connectivity index (χ1v) is 15.3. The van der Waals surface area contributed by atoms with Crippen LogP contribution in [0.5, 0.6) is 0 Å². The van der Waals surface area contributed by atoms with Gasteiger partial charge in [-0.15, -0.1) is 0 Å². The van der Waals surface area contributed by atoms with Crippen molar-refractivity contribution in [2.24, 2.45) is 17.8 Å². The van der Waals surface area contributed by atoms with Crippen molar-refractivity contribution < 1.29 is 19.0 Å². The van der Waals surface area contributed by atoms with Crippen molar-refractivity contribution in [1.82, 2.24) is 0 Å². The van der Waals surface area contributed by atoms with Crippen molar-refractivity contribution in [3.63, 3.8) is 0 Å². The van der Waals surface area contributed by atoms with Gasteiger partial charge in [-0.05, 0) is 124 Å². The molecule has 0 saturated heterocycles. The van der Waals surface area contributed by atoms with Crippen LogP contribution in [0.1, 0.15) is 133 Å². The highest BCUT2D eigenvalue weighted by Crippen LogP contribution is 2.44. The first-order valence-electron chi connectivity index (χ1n) is 15.3. The van der Waals surface area contributed by atoms with Gasteiger partial charge in [0, 0.05) is 0 Å². The molecule has 37 heavy (non-hydrogen) atoms. The van der Waals surface area contributed by atoms with Crippen LogP contribution in [0.2, 0.25) is 0 Å². The van der Waals surface area contributed by atoms with Crippen molar-refractivity contribution in [1.29, 1.82) is 0 Å². The summed E-state index contributed by atoms with van der Waals surface area (Å²) in [6.07, 6.45) is 18.9. The zero-order valence-corrected chi connectivity index (χ0v) is 23.1. The first-order chi connectivity index (χ1) is 18.0. The molecule has 3 aliphatic rings. The second-order valence-electron chi connectivity index (χ2n) is 12.3. The van der Waals surface area contributed by atoms with E-state index in [0.717, 1.165) is 68.8 Å². The maximum Gasteiger partial charge on any atom is 0.336 e. The zero-order chi connectivity index (χ0) is 26.2. The number of carbonyl (C=O) groups is 1. The van der Waals surface area contributed by atoms with Crippen molar-refractivity contribution in [3.05, 3.63) is 47.3 Å². The van der Waals surface area contributed by atoms with Gasteiger partial charge in [-0.2, -0.15) is 0 Å². The summed E-state index contributed by atoms with van der Waals surface area (Å²) in [4.78, 5) is 11.9. The molecule has 0 heterocycles. The van der Waals surface area contributed by atoms with Crippen LogP contribution in [0.25, 0.3) is 0 Å². The molecule has 1 aromatic carbocycles. The molecule has 0 radical (unpaired) electrons. The van der Waals surface area contributed by atoms with E-state index >= 15 is 4.39 Å². The number of rotatable bonds is 10. The Morgan fingerprint density at radius 2 is 1.54 bits per heavy atom. The number of esters is 1. The number of ether oxygens (including phenoxy) is 1. The first kappa shape index (κ1) is 28.3. The molecule has 4 rings (SSSR count). The van der Waals surface area contributed by atoms with E-state index in [2.05, 4.69) is 25.6 Å². The fraction of sp³-hybridized carbons (Fsp3) is 0.727. The monoisotopic (exact) mass is 512 g/mol. The number of hydrogen-bond donors (Lipinski definition) is 1. The smallest absolute Gasteiger partial charge is 0.336 e. The predicted molar refractivity (Wildman–Crippen MR) is 148 cm³/mol. The van der Waals surface area contributed by atoms with Gasteiger partial charge in [0.1, 0.15) is 11.9 Å². The van der Waals surface area contributed by atoms with Crippen molar-refractivity contribution >= 4 is 5.97 Å². The Balaban J connectivity index is 1.21. The van der Waals surface area contributed by atoms with Crippen molar-refractivity contribution in [2.45, 2.75) is 128 Å². The fourth-order valence-corrected chi connectivity index (χ4v) is 7.47. The second-order valence-corrected chi connectivity index (χ2v) is 12.3. The van der Waals surface area contributed by atoms with Gasteiger partial charge < -0.3 is 9.84 Å². The van der Waals surface area contributed by atoms with E-state index in [9.17, 15) is 4.79 Å². The van der Waals surface area contributed by atoms with Crippen LogP contribution in [-0.4, -0.2) is 23.8 Å². The summed E-state index contributed by atoms with van der Waals surface area (Å²) in [7, 11) is 0. The summed E-state index contributed by atoms with van der Waals surface area (Å²) in [5.74, 6) is 2.76. The van der Waals surface area contributed by atoms with E-state index < -0.39 is 5.97 Å². The van der Waals surface area contributed by atoms with Gasteiger partial charge in [-0.3, -0.25) is 0 Å². The highest BCUT2D eigenvalue weighted by atomic mass is 19.1. The van der Waals surface area contributed by atoms with Gasteiger partial charge in [0.2, 0.25) is 0 Å². The Hall–Kier alpha value is -1.68. The number of unbranched alkanes of at least 4 members (excludes halogenated alkanes) is 2. The summed E-state index contributed by atoms with van der Waals surface area (Å²) in [6.45, 7) is 5.48. The highest BCUT2D eigenvalue weighted by molar-refractivity contribution is 5.88. The third-order valence-corrected chi connectivity index (χ3v) is 9.91. The molecule has 0 aromatic heterocycles. The molecule has 1 aromatic rings. The minimum Gasteiger partial charge on any atom is -0.459 e. The van der Waals surface area contributed by atoms with Crippen LogP contribution < -0.4 is 0 Å². The molecule has 3 nitrogen and oxygen atoms in total. The Labute approximate surface area is 224 Å². The molecule has 0 spiro atoms. The van der Waals surface area contributed by atoms with E-state index in [1.807, 2.05) is 6.07 Å². The number of halogens is 1. The molecule has 0 unspecified atom stereocenters. The SMILES string of the molecule is C=C(CO)C(=O)OC1CCC(C2CCC(c3ccc(C4CCC(CCCCC)CC4)c(F)c3)CC2)CC1. The third kappa shape index (κ3) is 7.68. The van der Waals surface area contributed by atoms with Crippen LogP contribution >= 0.6 is 0 Å². The summed E-state index contributed by atoms with van der Waals surface area (Å²) >= 11 is 0. The molecule has 0 bridgehead atoms. The maximum absolute atomic E-state index is 15.2. The largest absolute Gasteiger partial charge is 0.459 e. The summed E-state index contributed by atoms with van der Waals surface area (Å²) in [5, 5.41) is 9.06. The number of hydrogen-bond acceptors (Lipinski definition) is 3. The van der Waals surface area contributed by atoms with Crippen molar-refractivity contribution in [3.8, 4) is 0 Å². The topological polar surface area (TPSA) is 46.5 Å². The standard InChI is InChI=1S/C33H49FO3/c1-3-4-5-6-24-7-9-28(10-8-24)31-20-17-29(21-32(31)34)27-13-11-25(12-14-27)26-15-18-30(19-16-26)37-33(36)23(2)22-35/h17,20-21,24-28,30,35H,2-16,18-19,22H2,1H3. The van der Waals surface area contributed by atoms with E-state index in [0.29, 0.717) is 17.8 Å². The molecule has 1 N–H and O–H groups in total. The van der Waals surface area contributed by atoms with Gasteiger partial charge in [-0.1, -0.05) is 51.3 Å². The molecule has 206 valence electrons. The second kappa shape index (κ2) is 13.9. The fourth-order valence-electron chi connectivity index (χ4n) is 7.47. The molecule has 4 heteroatoms. The van der Waals surface area contributed by atoms with Crippen LogP contribution in [0.3, 0.4) is 0 Å². The van der Waals surface area contributed by atoms with Crippen LogP contribution in [0.4, 0.5) is 4.39 Å². The van der Waals surface area contributed by atoms with E-state index in [-0.39, 0.29) is 24.1 Å². The van der Waals surface area contributed by atoms with Gasteiger partial charge in [0.05, 0.1) is 12.2 Å². The lowest BCUT2D eigenvalue weighted by Crippen LogP contribution is -2.30. The van der Waals surface area contributed by atoms with Gasteiger partial charge in [0.25, 0.3) is 0 Å². The van der Waals surface area contributed by atoms with Crippen LogP contribution in [0.15, 0.2) is 30.4 Å². The Bertz CT molecular complexity index is 872. The van der Waals surface area contributed by atoms with Gasteiger partial charge >= 0.3 is 5.97 Å². The number of benzene rings is 1. The predicted octanol–water partition coefficient (Wildman–Crippen LogP) is 8.60. The summed E-state index contributed by atoms with van der Waals surface area (Å²) in [6, 6.07) is 6.22. The van der Waals surface area contributed by atoms with E-state index in [4.69, 9.17) is 9.84 Å². The van der Waals surface area contributed by atoms with Crippen LogP contribution in [-0.2, 0) is 9.53 Å². The summed E-state index contributed by atoms with van der Waals surface area (Å²) < 4.78 is 20.8. The normalized spacial score (nSPS) is 30.6. The minimum atomic E-state index is -0.459. The lowest BCUT2D eigenvalue weighted by atomic mass is 9.69. The van der Waals surface area contributed by atoms with E-state index in [1.54, 1.807) is 0 Å². The maximum atomic E-state index is 15.2. The Morgan fingerprint density at radius 3 is 2.14 bits per heavy atom. The Morgan fingerprint density at radius 1 is 0.919 bits per heavy atom. The number of aliphatic hydroxyl groups excluding tert-OH is 1. The van der Waals surface area contributed by atoms with Crippen LogP contribution in [0, 0.1) is 23.6 Å². The highest BCUT2D eigenvalue weighted by Gasteiger charge is 2.33. The minimum absolute atomic E-state index is 0.0332. The molecule has 3 saturated carbocycles. The average Bonchev–Trinajstić information content (AvgIpc) is 2.93. The average molecular weight is 513 g/mol. The molecule has 3 aliphatic carbocycles. The zero-order valence-electron chi connectivity index (χ0n) is 23.1. The Kier molecular flexibility index (Phi) is 10.7. The molecule has 3 fully saturated rings. The molecular weight excluding hydrogens is 463 g/mol. The molecule has 0 atom stereocenters. The summed E-state index contributed by atoms with van der Waals surface area (Å²) in [5.41, 5.74) is 2.30. The molecular formula is C33H49FO3. The van der Waals surface area contributed by atoms with E-state index in [1.165, 1.54) is 56.9 Å². The molecule has 0 amide bonds. The molecule has 0 aliphatic heterocycles. The van der Waals surface area contributed by atoms with Crippen molar-refractivity contribution in [2.75, 3.05) is 6.61 Å². The third-order valence-electron chi connectivity index (χ3n) is 9.91. The van der Waals surface area contributed by atoms with Gasteiger partial charge in [-0.25, -0.2) is 9.18 Å². The number of carbonyl (C=O) groups excluding carboxylic acids is 1. The number of aliphatic hydroxyl groups is 1. The lowest BCUT2D eigenvalue weighted by molar-refractivity contribution is -0.146. The quantitative estimate of drug-likeness (QED) is 0.194.